The number of aromatic nitrogens is 3. The molecule has 3 aromatic carbocycles. The first-order valence-corrected chi connectivity index (χ1v) is 9.64. The second kappa shape index (κ2) is 11.3. The van der Waals surface area contributed by atoms with E-state index in [2.05, 4.69) is 10.2 Å². The number of halogens is 2. The Hall–Kier alpha value is -3.35. The maximum Gasteiger partial charge on any atom is 0.338 e. The highest BCUT2D eigenvalue weighted by atomic mass is 35.5. The SMILES string of the molecule is CCOC(=O)c1ccccc1-c1nnc(-c2ccccc2)n1-c1ccc(OC)cc1.Cl.Cl. The van der Waals surface area contributed by atoms with Crippen molar-refractivity contribution in [2.45, 2.75) is 6.92 Å². The Kier molecular flexibility index (Phi) is 8.81. The van der Waals surface area contributed by atoms with Crippen molar-refractivity contribution in [2.24, 2.45) is 0 Å². The third-order valence-corrected chi connectivity index (χ3v) is 4.69. The summed E-state index contributed by atoms with van der Waals surface area (Å²) in [5.41, 5.74) is 2.87. The van der Waals surface area contributed by atoms with Crippen molar-refractivity contribution in [3.63, 3.8) is 0 Å². The van der Waals surface area contributed by atoms with Crippen LogP contribution < -0.4 is 4.74 Å². The Balaban J connectivity index is 0.00000181. The predicted octanol–water partition coefficient (Wildman–Crippen LogP) is 5.63. The monoisotopic (exact) mass is 471 g/mol. The maximum atomic E-state index is 12.6. The Morgan fingerprint density at radius 3 is 2.12 bits per heavy atom. The molecule has 1 aromatic heterocycles. The van der Waals surface area contributed by atoms with Gasteiger partial charge >= 0.3 is 5.97 Å². The van der Waals surface area contributed by atoms with Gasteiger partial charge in [-0.3, -0.25) is 4.57 Å². The van der Waals surface area contributed by atoms with Gasteiger partial charge in [0.1, 0.15) is 5.75 Å². The number of carbonyl (C=O) groups excluding carboxylic acids is 1. The molecule has 0 saturated heterocycles. The molecular formula is C24H23Cl2N3O3. The van der Waals surface area contributed by atoms with Crippen molar-refractivity contribution in [1.29, 1.82) is 0 Å². The molecule has 0 spiro atoms. The van der Waals surface area contributed by atoms with Crippen molar-refractivity contribution in [3.8, 4) is 34.2 Å². The van der Waals surface area contributed by atoms with Crippen LogP contribution in [0.4, 0.5) is 0 Å². The normalized spacial score (nSPS) is 9.94. The van der Waals surface area contributed by atoms with Crippen LogP contribution in [0.25, 0.3) is 28.5 Å². The molecule has 0 radical (unpaired) electrons. The highest BCUT2D eigenvalue weighted by Crippen LogP contribution is 2.31. The molecular weight excluding hydrogens is 449 g/mol. The highest BCUT2D eigenvalue weighted by molar-refractivity contribution is 5.96. The number of carbonyl (C=O) groups is 1. The summed E-state index contributed by atoms with van der Waals surface area (Å²) in [6.07, 6.45) is 0. The molecule has 0 N–H and O–H groups in total. The number of methoxy groups -OCH3 is 1. The minimum absolute atomic E-state index is 0. The molecule has 0 bridgehead atoms. The summed E-state index contributed by atoms with van der Waals surface area (Å²) in [7, 11) is 1.63. The van der Waals surface area contributed by atoms with Crippen molar-refractivity contribution in [2.75, 3.05) is 13.7 Å². The molecule has 4 aromatic rings. The molecule has 8 heteroatoms. The van der Waals surface area contributed by atoms with Crippen LogP contribution in [0.3, 0.4) is 0 Å². The van der Waals surface area contributed by atoms with Gasteiger partial charge in [0.25, 0.3) is 0 Å². The van der Waals surface area contributed by atoms with Crippen LogP contribution in [-0.4, -0.2) is 34.5 Å². The van der Waals surface area contributed by atoms with E-state index in [-0.39, 0.29) is 24.8 Å². The van der Waals surface area contributed by atoms with Gasteiger partial charge < -0.3 is 9.47 Å². The summed E-state index contributed by atoms with van der Waals surface area (Å²) in [4.78, 5) is 12.6. The fourth-order valence-corrected chi connectivity index (χ4v) is 3.27. The molecule has 0 atom stereocenters. The van der Waals surface area contributed by atoms with E-state index in [0.29, 0.717) is 29.4 Å². The zero-order chi connectivity index (χ0) is 20.9. The van der Waals surface area contributed by atoms with Crippen LogP contribution in [0.5, 0.6) is 5.75 Å². The molecule has 6 nitrogen and oxygen atoms in total. The summed E-state index contributed by atoms with van der Waals surface area (Å²) in [5.74, 6) is 1.59. The molecule has 166 valence electrons. The Morgan fingerprint density at radius 1 is 0.844 bits per heavy atom. The molecule has 0 aliphatic rings. The van der Waals surface area contributed by atoms with Crippen LogP contribution in [0.2, 0.25) is 0 Å². The number of benzene rings is 3. The third kappa shape index (κ3) is 4.93. The molecule has 1 heterocycles. The van der Waals surface area contributed by atoms with E-state index < -0.39 is 5.97 Å². The van der Waals surface area contributed by atoms with Crippen molar-refractivity contribution in [1.82, 2.24) is 14.8 Å². The van der Waals surface area contributed by atoms with E-state index in [1.807, 2.05) is 77.4 Å². The molecule has 0 aliphatic heterocycles. The molecule has 4 rings (SSSR count). The molecule has 0 saturated carbocycles. The van der Waals surface area contributed by atoms with Gasteiger partial charge in [-0.25, -0.2) is 4.79 Å². The second-order valence-electron chi connectivity index (χ2n) is 6.51. The van der Waals surface area contributed by atoms with Crippen molar-refractivity contribution in [3.05, 3.63) is 84.4 Å². The van der Waals surface area contributed by atoms with Gasteiger partial charge in [-0.2, -0.15) is 0 Å². The summed E-state index contributed by atoms with van der Waals surface area (Å²) in [5, 5.41) is 8.92. The third-order valence-electron chi connectivity index (χ3n) is 4.69. The second-order valence-corrected chi connectivity index (χ2v) is 6.51. The van der Waals surface area contributed by atoms with E-state index in [0.717, 1.165) is 17.0 Å². The quantitative estimate of drug-likeness (QED) is 0.341. The van der Waals surface area contributed by atoms with Crippen LogP contribution >= 0.6 is 24.8 Å². The smallest absolute Gasteiger partial charge is 0.338 e. The number of hydrogen-bond donors (Lipinski definition) is 0. The van der Waals surface area contributed by atoms with Gasteiger partial charge in [0.15, 0.2) is 11.6 Å². The van der Waals surface area contributed by atoms with E-state index in [4.69, 9.17) is 9.47 Å². The summed E-state index contributed by atoms with van der Waals surface area (Å²) < 4.78 is 12.5. The largest absolute Gasteiger partial charge is 0.497 e. The lowest BCUT2D eigenvalue weighted by Gasteiger charge is -2.13. The van der Waals surface area contributed by atoms with Gasteiger partial charge in [-0.15, -0.1) is 35.0 Å². The number of ether oxygens (including phenoxy) is 2. The highest BCUT2D eigenvalue weighted by Gasteiger charge is 2.22. The summed E-state index contributed by atoms with van der Waals surface area (Å²) >= 11 is 0. The number of esters is 1. The van der Waals surface area contributed by atoms with Gasteiger partial charge in [0, 0.05) is 16.8 Å². The Labute approximate surface area is 199 Å². The topological polar surface area (TPSA) is 66.2 Å². The summed E-state index contributed by atoms with van der Waals surface area (Å²) in [6, 6.07) is 24.7. The lowest BCUT2D eigenvalue weighted by atomic mass is 10.1. The first-order chi connectivity index (χ1) is 14.7. The van der Waals surface area contributed by atoms with Gasteiger partial charge in [-0.05, 0) is 37.3 Å². The van der Waals surface area contributed by atoms with Gasteiger partial charge in [0.2, 0.25) is 0 Å². The molecule has 0 unspecified atom stereocenters. The Bertz CT molecular complexity index is 1160. The molecule has 32 heavy (non-hydrogen) atoms. The standard InChI is InChI=1S/C24H21N3O3.2ClH/c1-3-30-24(28)21-12-8-7-11-20(21)23-26-25-22(17-9-5-4-6-10-17)27(23)18-13-15-19(29-2)16-14-18;;/h4-16H,3H2,1-2H3;2*1H. The molecule has 0 fully saturated rings. The van der Waals surface area contributed by atoms with Crippen LogP contribution in [0, 0.1) is 0 Å². The van der Waals surface area contributed by atoms with Gasteiger partial charge in [-0.1, -0.05) is 48.5 Å². The van der Waals surface area contributed by atoms with E-state index in [9.17, 15) is 4.79 Å². The number of nitrogens with zero attached hydrogens (tertiary/aromatic N) is 3. The maximum absolute atomic E-state index is 12.6. The lowest BCUT2D eigenvalue weighted by Crippen LogP contribution is -2.08. The van der Waals surface area contributed by atoms with Gasteiger partial charge in [0.05, 0.1) is 19.3 Å². The fourth-order valence-electron chi connectivity index (χ4n) is 3.27. The average molecular weight is 472 g/mol. The predicted molar refractivity (Wildman–Crippen MR) is 129 cm³/mol. The first-order valence-electron chi connectivity index (χ1n) is 9.64. The van der Waals surface area contributed by atoms with Crippen LogP contribution in [0.1, 0.15) is 17.3 Å². The minimum atomic E-state index is -0.390. The lowest BCUT2D eigenvalue weighted by molar-refractivity contribution is 0.0527. The first kappa shape index (κ1) is 24.9. The molecule has 0 amide bonds. The summed E-state index contributed by atoms with van der Waals surface area (Å²) in [6.45, 7) is 2.08. The van der Waals surface area contributed by atoms with E-state index in [1.54, 1.807) is 20.1 Å². The van der Waals surface area contributed by atoms with E-state index >= 15 is 0 Å². The number of hydrogen-bond acceptors (Lipinski definition) is 5. The number of rotatable bonds is 6. The van der Waals surface area contributed by atoms with Crippen LogP contribution in [0.15, 0.2) is 78.9 Å². The van der Waals surface area contributed by atoms with E-state index in [1.165, 1.54) is 0 Å². The Morgan fingerprint density at radius 2 is 1.47 bits per heavy atom. The average Bonchev–Trinajstić information content (AvgIpc) is 3.25. The zero-order valence-corrected chi connectivity index (χ0v) is 19.2. The fraction of sp³-hybridized carbons (Fsp3) is 0.125. The zero-order valence-electron chi connectivity index (χ0n) is 17.6. The van der Waals surface area contributed by atoms with Crippen LogP contribution in [-0.2, 0) is 4.74 Å². The molecule has 0 aliphatic carbocycles. The minimum Gasteiger partial charge on any atom is -0.497 e. The van der Waals surface area contributed by atoms with Crippen molar-refractivity contribution >= 4 is 30.8 Å². The van der Waals surface area contributed by atoms with Crippen molar-refractivity contribution < 1.29 is 14.3 Å².